The van der Waals surface area contributed by atoms with Crippen molar-refractivity contribution in [2.24, 2.45) is 28.6 Å². The van der Waals surface area contributed by atoms with Crippen molar-refractivity contribution in [1.29, 1.82) is 0 Å². The van der Waals surface area contributed by atoms with Crippen LogP contribution in [0.1, 0.15) is 76.7 Å². The van der Waals surface area contributed by atoms with Gasteiger partial charge >= 0.3 is 5.63 Å². The SMILES string of the molecule is C[C@]12CC[C@H](O)C[C@H]1CC[C@@H]1[C@@H]2CC[C@]2(C)[C@@H](c3ccc(=O)oc3)C[C@H]3O[C@]132.O=C[C@H](O)[C@@H](O)[C@@H](O)[C@H](O)CO. The number of aldehydes is 1. The molecule has 0 unspecified atom stereocenters. The van der Waals surface area contributed by atoms with Gasteiger partial charge in [-0.2, -0.15) is 0 Å². The Hall–Kier alpha value is -1.66. The molecule has 1 aromatic rings. The Bertz CT molecular complexity index is 1100. The Labute approximate surface area is 234 Å². The average Bonchev–Trinajstić information content (AvgIpc) is 3.62. The number of fused-ring (bicyclic) bond motifs is 3. The first-order valence-electron chi connectivity index (χ1n) is 14.7. The van der Waals surface area contributed by atoms with Crippen LogP contribution in [0, 0.1) is 28.6 Å². The minimum Gasteiger partial charge on any atom is -0.431 e. The molecule has 0 bridgehead atoms. The molecule has 0 aromatic carbocycles. The topological polar surface area (TPSA) is 181 Å². The predicted octanol–water partition coefficient (Wildman–Crippen LogP) is 0.879. The first-order valence-corrected chi connectivity index (χ1v) is 14.7. The van der Waals surface area contributed by atoms with Crippen LogP contribution in [0.2, 0.25) is 0 Å². The molecule has 4 aliphatic carbocycles. The Morgan fingerprint density at radius 2 is 1.75 bits per heavy atom. The number of aliphatic hydroxyl groups is 6. The summed E-state index contributed by atoms with van der Waals surface area (Å²) in [6.07, 6.45) is 4.31. The fraction of sp³-hybridized carbons (Fsp3) is 0.800. The second kappa shape index (κ2) is 10.9. The average molecular weight is 565 g/mol. The highest BCUT2D eigenvalue weighted by Crippen LogP contribution is 2.77. The van der Waals surface area contributed by atoms with Gasteiger partial charge in [0.15, 0.2) is 6.29 Å². The van der Waals surface area contributed by atoms with Crippen molar-refractivity contribution in [1.82, 2.24) is 0 Å². The van der Waals surface area contributed by atoms with Gasteiger partial charge in [-0.1, -0.05) is 13.8 Å². The summed E-state index contributed by atoms with van der Waals surface area (Å²) in [5.41, 5.74) is 1.44. The molecule has 224 valence electrons. The lowest BCUT2D eigenvalue weighted by Gasteiger charge is -2.61. The molecule has 6 N–H and O–H groups in total. The summed E-state index contributed by atoms with van der Waals surface area (Å²) in [5, 5.41) is 53.8. The van der Waals surface area contributed by atoms with Gasteiger partial charge in [-0.25, -0.2) is 4.79 Å². The number of rotatable bonds is 6. The highest BCUT2D eigenvalue weighted by Gasteiger charge is 2.80. The molecule has 40 heavy (non-hydrogen) atoms. The smallest absolute Gasteiger partial charge is 0.335 e. The van der Waals surface area contributed by atoms with E-state index in [4.69, 9.17) is 34.7 Å². The fourth-order valence-corrected chi connectivity index (χ4v) is 9.36. The van der Waals surface area contributed by atoms with Gasteiger partial charge in [0.1, 0.15) is 30.0 Å². The molecule has 5 fully saturated rings. The fourth-order valence-electron chi connectivity index (χ4n) is 9.36. The molecule has 10 nitrogen and oxygen atoms in total. The molecule has 5 aliphatic rings. The minimum atomic E-state index is -1.79. The summed E-state index contributed by atoms with van der Waals surface area (Å²) in [6, 6.07) is 3.55. The van der Waals surface area contributed by atoms with Crippen molar-refractivity contribution < 1.29 is 44.6 Å². The van der Waals surface area contributed by atoms with Crippen LogP contribution in [0.25, 0.3) is 0 Å². The lowest BCUT2D eigenvalue weighted by molar-refractivity contribution is -0.139. The molecular weight excluding hydrogens is 520 g/mol. The van der Waals surface area contributed by atoms with Gasteiger partial charge in [-0.05, 0) is 92.1 Å². The summed E-state index contributed by atoms with van der Waals surface area (Å²) < 4.78 is 11.8. The quantitative estimate of drug-likeness (QED) is 0.214. The van der Waals surface area contributed by atoms with Crippen LogP contribution in [-0.4, -0.2) is 85.8 Å². The zero-order chi connectivity index (χ0) is 29.0. The molecule has 2 heterocycles. The van der Waals surface area contributed by atoms with Crippen molar-refractivity contribution in [2.75, 3.05) is 6.61 Å². The van der Waals surface area contributed by atoms with Gasteiger partial charge in [0.2, 0.25) is 0 Å². The number of carbonyl (C=O) groups is 1. The van der Waals surface area contributed by atoms with E-state index in [1.165, 1.54) is 37.7 Å². The summed E-state index contributed by atoms with van der Waals surface area (Å²) in [7, 11) is 0. The molecule has 0 radical (unpaired) electrons. The number of aliphatic hydroxyl groups excluding tert-OH is 6. The van der Waals surface area contributed by atoms with Crippen LogP contribution in [0.4, 0.5) is 0 Å². The molecule has 0 amide bonds. The van der Waals surface area contributed by atoms with Gasteiger partial charge in [0.25, 0.3) is 0 Å². The third-order valence-electron chi connectivity index (χ3n) is 11.6. The maximum Gasteiger partial charge on any atom is 0.335 e. The van der Waals surface area contributed by atoms with Crippen molar-refractivity contribution in [3.63, 3.8) is 0 Å². The maximum absolute atomic E-state index is 11.4. The molecule has 10 heteroatoms. The normalized spacial score (nSPS) is 44.3. The number of hydrogen-bond acceptors (Lipinski definition) is 10. The largest absolute Gasteiger partial charge is 0.431 e. The monoisotopic (exact) mass is 564 g/mol. The van der Waals surface area contributed by atoms with E-state index in [2.05, 4.69) is 13.8 Å². The van der Waals surface area contributed by atoms with Gasteiger partial charge in [-0.15, -0.1) is 0 Å². The molecule has 6 rings (SSSR count). The summed E-state index contributed by atoms with van der Waals surface area (Å²) >= 11 is 0. The van der Waals surface area contributed by atoms with Crippen molar-refractivity contribution in [3.8, 4) is 0 Å². The Kier molecular flexibility index (Phi) is 8.11. The zero-order valence-corrected chi connectivity index (χ0v) is 23.3. The van der Waals surface area contributed by atoms with Crippen molar-refractivity contribution in [3.05, 3.63) is 34.4 Å². The molecule has 1 spiro atoms. The first-order chi connectivity index (χ1) is 18.9. The highest BCUT2D eigenvalue weighted by atomic mass is 16.6. The molecule has 4 saturated carbocycles. The van der Waals surface area contributed by atoms with Crippen LogP contribution in [0.3, 0.4) is 0 Å². The standard InChI is InChI=1S/C24H32O4.C6H12O6/c1-22-9-7-16(25)11-15(22)4-5-18-17(22)8-10-23(2)19(12-20-24(18,23)28-20)14-3-6-21(26)27-13-14;7-1-3(9)5(11)6(12)4(10)2-8/h3,6,13,15-20,25H,4-5,7-12H2,1-2H3;1,3-6,8-12H,2H2/t15-,16+,17+,18-,19-,20-,22+,23-,24-;3-,4+,5+,6-/m10/s1. The molecule has 1 saturated heterocycles. The van der Waals surface area contributed by atoms with Crippen LogP contribution in [0.15, 0.2) is 27.6 Å². The van der Waals surface area contributed by atoms with Gasteiger partial charge in [-0.3, -0.25) is 0 Å². The minimum absolute atomic E-state index is 0.0258. The summed E-state index contributed by atoms with van der Waals surface area (Å²) in [4.78, 5) is 21.3. The van der Waals surface area contributed by atoms with E-state index in [1.807, 2.05) is 6.07 Å². The van der Waals surface area contributed by atoms with E-state index in [9.17, 15) is 14.7 Å². The van der Waals surface area contributed by atoms with Gasteiger partial charge in [0, 0.05) is 11.5 Å². The molecule has 1 aliphatic heterocycles. The summed E-state index contributed by atoms with van der Waals surface area (Å²) in [6.45, 7) is 4.21. The lowest BCUT2D eigenvalue weighted by atomic mass is 9.44. The third kappa shape index (κ3) is 4.60. The third-order valence-corrected chi connectivity index (χ3v) is 11.6. The van der Waals surface area contributed by atoms with E-state index < -0.39 is 31.0 Å². The van der Waals surface area contributed by atoms with Gasteiger partial charge < -0.3 is 44.6 Å². The Morgan fingerprint density at radius 1 is 1.00 bits per heavy atom. The number of ether oxygens (including phenoxy) is 1. The Balaban J connectivity index is 0.000000230. The molecule has 13 atom stereocenters. The highest BCUT2D eigenvalue weighted by molar-refractivity contribution is 5.56. The van der Waals surface area contributed by atoms with E-state index in [1.54, 1.807) is 12.3 Å². The Morgan fingerprint density at radius 3 is 2.40 bits per heavy atom. The zero-order valence-electron chi connectivity index (χ0n) is 23.3. The van der Waals surface area contributed by atoms with Crippen LogP contribution in [0.5, 0.6) is 0 Å². The number of hydrogen-bond donors (Lipinski definition) is 6. The van der Waals surface area contributed by atoms with E-state index in [0.29, 0.717) is 29.3 Å². The second-order valence-corrected chi connectivity index (χ2v) is 13.3. The number of carbonyl (C=O) groups excluding carboxylic acids is 1. The van der Waals surface area contributed by atoms with Crippen LogP contribution < -0.4 is 5.63 Å². The van der Waals surface area contributed by atoms with E-state index in [-0.39, 0.29) is 29.0 Å². The maximum atomic E-state index is 11.4. The second-order valence-electron chi connectivity index (χ2n) is 13.3. The van der Waals surface area contributed by atoms with Gasteiger partial charge in [0.05, 0.1) is 25.1 Å². The predicted molar refractivity (Wildman–Crippen MR) is 142 cm³/mol. The van der Waals surface area contributed by atoms with Crippen molar-refractivity contribution in [2.45, 2.75) is 113 Å². The summed E-state index contributed by atoms with van der Waals surface area (Å²) in [5.74, 6) is 2.48. The van der Waals surface area contributed by atoms with E-state index >= 15 is 0 Å². The van der Waals surface area contributed by atoms with Crippen LogP contribution >= 0.6 is 0 Å². The molecule has 1 aromatic heterocycles. The van der Waals surface area contributed by atoms with E-state index in [0.717, 1.165) is 25.2 Å². The number of epoxide rings is 1. The first kappa shape index (κ1) is 29.8. The van der Waals surface area contributed by atoms with Crippen LogP contribution in [-0.2, 0) is 9.53 Å². The lowest BCUT2D eigenvalue weighted by Crippen LogP contribution is -2.58. The van der Waals surface area contributed by atoms with Crippen molar-refractivity contribution >= 4 is 6.29 Å². The molecular formula is C30H44O10.